The Morgan fingerprint density at radius 2 is 1.69 bits per heavy atom. The molecule has 0 aliphatic heterocycles. The summed E-state index contributed by atoms with van der Waals surface area (Å²) < 4.78 is 38.5. The molecule has 1 aromatic heterocycles. The van der Waals surface area contributed by atoms with Gasteiger partial charge in [-0.3, -0.25) is 5.10 Å². The number of halogens is 4. The van der Waals surface area contributed by atoms with Crippen molar-refractivity contribution in [1.29, 1.82) is 0 Å². The lowest BCUT2D eigenvalue weighted by atomic mass is 10.1. The molecule has 0 atom stereocenters. The number of aromatic amines is 1. The lowest BCUT2D eigenvalue weighted by Gasteiger charge is -2.11. The maximum atomic E-state index is 12.8. The van der Waals surface area contributed by atoms with Gasteiger partial charge in [-0.25, -0.2) is 4.79 Å². The molecule has 150 valence electrons. The summed E-state index contributed by atoms with van der Waals surface area (Å²) in [5, 5.41) is 13.2. The van der Waals surface area contributed by atoms with Gasteiger partial charge in [-0.05, 0) is 49.2 Å². The molecule has 1 saturated carbocycles. The lowest BCUT2D eigenvalue weighted by molar-refractivity contribution is -0.137. The fourth-order valence-electron chi connectivity index (χ4n) is 2.98. The lowest BCUT2D eigenvalue weighted by Crippen LogP contribution is -2.20. The van der Waals surface area contributed by atoms with E-state index in [0.29, 0.717) is 27.7 Å². The number of urea groups is 1. The average molecular weight is 421 g/mol. The van der Waals surface area contributed by atoms with E-state index in [-0.39, 0.29) is 5.92 Å². The van der Waals surface area contributed by atoms with Crippen molar-refractivity contribution in [2.45, 2.75) is 24.9 Å². The third-order valence-corrected chi connectivity index (χ3v) is 4.86. The number of carbonyl (C=O) groups excluding carboxylic acids is 1. The van der Waals surface area contributed by atoms with E-state index in [1.54, 1.807) is 24.3 Å². The van der Waals surface area contributed by atoms with Crippen molar-refractivity contribution < 1.29 is 18.0 Å². The largest absolute Gasteiger partial charge is 0.416 e. The van der Waals surface area contributed by atoms with Crippen molar-refractivity contribution in [1.82, 2.24) is 10.2 Å². The Balaban J connectivity index is 1.59. The first-order valence-corrected chi connectivity index (χ1v) is 9.28. The minimum absolute atomic E-state index is 0.247. The number of anilines is 2. The standard InChI is InChI=1S/C20H16ClF3N4O/c21-14-7-9-15(10-8-14)25-19(29)26-18-16(11-1-2-11)27-28-17(18)12-3-5-13(6-4-12)20(22,23)24/h3-11H,1-2H2,(H,27,28)(H2,25,26,29). The van der Waals surface area contributed by atoms with Gasteiger partial charge < -0.3 is 10.6 Å². The number of alkyl halides is 3. The number of aromatic nitrogens is 2. The topological polar surface area (TPSA) is 69.8 Å². The molecule has 0 bridgehead atoms. The first-order chi connectivity index (χ1) is 13.8. The summed E-state index contributed by atoms with van der Waals surface area (Å²) in [5.74, 6) is 0.247. The first-order valence-electron chi connectivity index (χ1n) is 8.91. The van der Waals surface area contributed by atoms with Crippen LogP contribution in [0, 0.1) is 0 Å². The van der Waals surface area contributed by atoms with Gasteiger partial charge in [0.1, 0.15) is 5.69 Å². The molecule has 1 heterocycles. The highest BCUT2D eigenvalue weighted by Crippen LogP contribution is 2.45. The minimum Gasteiger partial charge on any atom is -0.308 e. The summed E-state index contributed by atoms with van der Waals surface area (Å²) in [4.78, 5) is 12.5. The van der Waals surface area contributed by atoms with E-state index in [1.165, 1.54) is 12.1 Å². The van der Waals surface area contributed by atoms with Crippen LogP contribution in [0.2, 0.25) is 5.02 Å². The molecule has 2 aromatic carbocycles. The second-order valence-corrected chi connectivity index (χ2v) is 7.23. The van der Waals surface area contributed by atoms with Crippen LogP contribution in [0.25, 0.3) is 11.3 Å². The van der Waals surface area contributed by atoms with E-state index in [1.807, 2.05) is 0 Å². The molecule has 1 fully saturated rings. The zero-order valence-corrected chi connectivity index (χ0v) is 15.7. The normalized spacial score (nSPS) is 13.9. The van der Waals surface area contributed by atoms with E-state index >= 15 is 0 Å². The molecule has 5 nitrogen and oxygen atoms in total. The van der Waals surface area contributed by atoms with Crippen LogP contribution in [0.1, 0.15) is 30.0 Å². The third-order valence-electron chi connectivity index (χ3n) is 4.61. The summed E-state index contributed by atoms with van der Waals surface area (Å²) in [6, 6.07) is 10.8. The number of nitrogens with one attached hydrogen (secondary N) is 3. The summed E-state index contributed by atoms with van der Waals surface area (Å²) in [5.41, 5.74) is 1.92. The molecule has 0 saturated heterocycles. The van der Waals surface area contributed by atoms with Crippen molar-refractivity contribution in [2.24, 2.45) is 0 Å². The zero-order chi connectivity index (χ0) is 20.6. The molecule has 3 N–H and O–H groups in total. The van der Waals surface area contributed by atoms with Crippen molar-refractivity contribution in [2.75, 3.05) is 10.6 Å². The Morgan fingerprint density at radius 1 is 1.03 bits per heavy atom. The van der Waals surface area contributed by atoms with Crippen LogP contribution in [0.4, 0.5) is 29.3 Å². The number of hydrogen-bond acceptors (Lipinski definition) is 2. The maximum absolute atomic E-state index is 12.8. The zero-order valence-electron chi connectivity index (χ0n) is 15.0. The van der Waals surface area contributed by atoms with Gasteiger partial charge in [0.15, 0.2) is 0 Å². The number of carbonyl (C=O) groups is 1. The maximum Gasteiger partial charge on any atom is 0.416 e. The van der Waals surface area contributed by atoms with Crippen molar-refractivity contribution >= 4 is 29.0 Å². The Kier molecular flexibility index (Phi) is 4.96. The third kappa shape index (κ3) is 4.37. The van der Waals surface area contributed by atoms with Crippen LogP contribution < -0.4 is 10.6 Å². The summed E-state index contributed by atoms with van der Waals surface area (Å²) in [6.07, 6.45) is -2.49. The van der Waals surface area contributed by atoms with Crippen molar-refractivity contribution in [3.63, 3.8) is 0 Å². The van der Waals surface area contributed by atoms with Crippen LogP contribution in [0.5, 0.6) is 0 Å². The van der Waals surface area contributed by atoms with E-state index < -0.39 is 17.8 Å². The Labute approximate surface area is 169 Å². The molecule has 0 unspecified atom stereocenters. The molecule has 2 amide bonds. The molecule has 3 aromatic rings. The van der Waals surface area contributed by atoms with E-state index in [4.69, 9.17) is 11.6 Å². The minimum atomic E-state index is -4.41. The van der Waals surface area contributed by atoms with Gasteiger partial charge in [-0.15, -0.1) is 0 Å². The molecular weight excluding hydrogens is 405 g/mol. The van der Waals surface area contributed by atoms with Crippen LogP contribution >= 0.6 is 11.6 Å². The number of rotatable bonds is 4. The predicted octanol–water partition coefficient (Wildman–Crippen LogP) is 6.27. The molecule has 9 heteroatoms. The van der Waals surface area contributed by atoms with E-state index in [9.17, 15) is 18.0 Å². The van der Waals surface area contributed by atoms with Gasteiger partial charge in [0.25, 0.3) is 0 Å². The quantitative estimate of drug-likeness (QED) is 0.465. The molecule has 1 aliphatic carbocycles. The fraction of sp³-hybridized carbons (Fsp3) is 0.200. The Hall–Kier alpha value is -3.00. The molecule has 1 aliphatic rings. The van der Waals surface area contributed by atoms with Crippen LogP contribution in [0.15, 0.2) is 48.5 Å². The number of hydrogen-bond donors (Lipinski definition) is 3. The summed E-state index contributed by atoms with van der Waals surface area (Å²) >= 11 is 5.84. The molecule has 29 heavy (non-hydrogen) atoms. The smallest absolute Gasteiger partial charge is 0.308 e. The monoisotopic (exact) mass is 420 g/mol. The Morgan fingerprint density at radius 3 is 2.28 bits per heavy atom. The van der Waals surface area contributed by atoms with Crippen molar-refractivity contribution in [3.05, 3.63) is 64.8 Å². The number of amides is 2. The van der Waals surface area contributed by atoms with Gasteiger partial charge >= 0.3 is 12.2 Å². The SMILES string of the molecule is O=C(Nc1ccc(Cl)cc1)Nc1c(-c2ccc(C(F)(F)F)cc2)n[nH]c1C1CC1. The molecule has 4 rings (SSSR count). The van der Waals surface area contributed by atoms with Gasteiger partial charge in [-0.1, -0.05) is 23.7 Å². The second-order valence-electron chi connectivity index (χ2n) is 6.80. The number of nitrogens with zero attached hydrogens (tertiary/aromatic N) is 1. The van der Waals surface area contributed by atoms with Gasteiger partial charge in [0.05, 0.1) is 16.9 Å². The average Bonchev–Trinajstić information content (AvgIpc) is 3.44. The van der Waals surface area contributed by atoms with Crippen LogP contribution in [-0.2, 0) is 6.18 Å². The van der Waals surface area contributed by atoms with E-state index in [0.717, 1.165) is 30.7 Å². The summed E-state index contributed by atoms with van der Waals surface area (Å²) in [6.45, 7) is 0. The van der Waals surface area contributed by atoms with Crippen LogP contribution in [-0.4, -0.2) is 16.2 Å². The van der Waals surface area contributed by atoms with E-state index in [2.05, 4.69) is 20.8 Å². The van der Waals surface area contributed by atoms with Crippen molar-refractivity contribution in [3.8, 4) is 11.3 Å². The highest BCUT2D eigenvalue weighted by Gasteiger charge is 2.32. The molecule has 0 radical (unpaired) electrons. The molecule has 0 spiro atoms. The van der Waals surface area contributed by atoms with Gasteiger partial charge in [0, 0.05) is 22.2 Å². The first kappa shape index (κ1) is 19.3. The number of H-pyrrole nitrogens is 1. The summed E-state index contributed by atoms with van der Waals surface area (Å²) in [7, 11) is 0. The number of benzene rings is 2. The Bertz CT molecular complexity index is 1030. The highest BCUT2D eigenvalue weighted by molar-refractivity contribution is 6.30. The fourth-order valence-corrected chi connectivity index (χ4v) is 3.11. The van der Waals surface area contributed by atoms with Gasteiger partial charge in [0.2, 0.25) is 0 Å². The van der Waals surface area contributed by atoms with Crippen LogP contribution in [0.3, 0.4) is 0 Å². The predicted molar refractivity (Wildman–Crippen MR) is 105 cm³/mol. The second kappa shape index (κ2) is 7.44. The molecular formula is C20H16ClF3N4O. The highest BCUT2D eigenvalue weighted by atomic mass is 35.5. The van der Waals surface area contributed by atoms with Gasteiger partial charge in [-0.2, -0.15) is 18.3 Å².